The monoisotopic (exact) mass is 188 g/mol. The van der Waals surface area contributed by atoms with Crippen LogP contribution in [0.25, 0.3) is 10.9 Å². The quantitative estimate of drug-likeness (QED) is 0.676. The third kappa shape index (κ3) is 1.21. The van der Waals surface area contributed by atoms with E-state index in [1.165, 1.54) is 0 Å². The van der Waals surface area contributed by atoms with Gasteiger partial charge in [-0.25, -0.2) is 0 Å². The number of aromatic nitrogens is 2. The van der Waals surface area contributed by atoms with Gasteiger partial charge in [-0.2, -0.15) is 5.10 Å². The molecule has 1 aromatic carbocycles. The molecule has 0 saturated heterocycles. The van der Waals surface area contributed by atoms with E-state index < -0.39 is 0 Å². The van der Waals surface area contributed by atoms with Gasteiger partial charge >= 0.3 is 0 Å². The molecule has 3 nitrogen and oxygen atoms in total. The van der Waals surface area contributed by atoms with E-state index in [1.54, 1.807) is 4.68 Å². The lowest BCUT2D eigenvalue weighted by Crippen LogP contribution is -2.07. The number of carbonyl (C=O) groups excluding carboxylic acids is 1. The van der Waals surface area contributed by atoms with Crippen LogP contribution < -0.4 is 0 Å². The molecule has 0 amide bonds. The lowest BCUT2D eigenvalue weighted by atomic mass is 10.2. The molecule has 0 fully saturated rings. The van der Waals surface area contributed by atoms with Gasteiger partial charge in [0.1, 0.15) is 12.3 Å². The van der Waals surface area contributed by atoms with Crippen LogP contribution in [0.4, 0.5) is 0 Å². The number of fused-ring (bicyclic) bond motifs is 1. The topological polar surface area (TPSA) is 34.9 Å². The molecule has 0 radical (unpaired) electrons. The van der Waals surface area contributed by atoms with Crippen LogP contribution in [0.5, 0.6) is 0 Å². The van der Waals surface area contributed by atoms with Crippen molar-refractivity contribution in [1.29, 1.82) is 0 Å². The first-order valence-electron chi connectivity index (χ1n) is 4.63. The summed E-state index contributed by atoms with van der Waals surface area (Å²) in [5.41, 5.74) is 1.99. The van der Waals surface area contributed by atoms with Crippen LogP contribution in [-0.4, -0.2) is 16.1 Å². The maximum absolute atomic E-state index is 10.7. The predicted molar refractivity (Wildman–Crippen MR) is 55.2 cm³/mol. The average Bonchev–Trinajstić information content (AvgIpc) is 2.56. The highest BCUT2D eigenvalue weighted by molar-refractivity contribution is 5.82. The molecule has 0 saturated carbocycles. The summed E-state index contributed by atoms with van der Waals surface area (Å²) in [6.45, 7) is 3.79. The zero-order valence-electron chi connectivity index (χ0n) is 8.27. The molecule has 0 aliphatic carbocycles. The molecule has 3 heteroatoms. The predicted octanol–water partition coefficient (Wildman–Crippen LogP) is 2.10. The number of aldehydes is 1. The Hall–Kier alpha value is -1.64. The fourth-order valence-electron chi connectivity index (χ4n) is 1.62. The molecule has 0 spiro atoms. The number of hydrogen-bond donors (Lipinski definition) is 0. The standard InChI is InChI=1S/C11H12N2O/c1-8(7-14)13-11-6-4-3-5-10(11)9(2)12-13/h3-8H,1-2H3. The molecule has 2 aromatic rings. The molecular formula is C11H12N2O. The number of para-hydroxylation sites is 1. The van der Waals surface area contributed by atoms with Crippen molar-refractivity contribution in [2.75, 3.05) is 0 Å². The first-order chi connectivity index (χ1) is 6.74. The summed E-state index contributed by atoms with van der Waals surface area (Å²) in [6, 6.07) is 7.74. The van der Waals surface area contributed by atoms with Gasteiger partial charge in [-0.1, -0.05) is 18.2 Å². The van der Waals surface area contributed by atoms with Crippen LogP contribution in [0.3, 0.4) is 0 Å². The van der Waals surface area contributed by atoms with E-state index in [-0.39, 0.29) is 6.04 Å². The lowest BCUT2D eigenvalue weighted by Gasteiger charge is -2.04. The fourth-order valence-corrected chi connectivity index (χ4v) is 1.62. The molecule has 14 heavy (non-hydrogen) atoms. The van der Waals surface area contributed by atoms with Gasteiger partial charge in [0.05, 0.1) is 11.2 Å². The number of benzene rings is 1. The molecule has 1 atom stereocenters. The summed E-state index contributed by atoms with van der Waals surface area (Å²) in [7, 11) is 0. The molecule has 0 bridgehead atoms. The molecule has 0 N–H and O–H groups in total. The van der Waals surface area contributed by atoms with E-state index in [0.717, 1.165) is 22.9 Å². The van der Waals surface area contributed by atoms with Crippen LogP contribution in [0.2, 0.25) is 0 Å². The van der Waals surface area contributed by atoms with Crippen LogP contribution in [0.15, 0.2) is 24.3 Å². The average molecular weight is 188 g/mol. The van der Waals surface area contributed by atoms with E-state index in [0.29, 0.717) is 0 Å². The van der Waals surface area contributed by atoms with Crippen LogP contribution in [-0.2, 0) is 4.79 Å². The summed E-state index contributed by atoms with van der Waals surface area (Å²) < 4.78 is 1.76. The number of rotatable bonds is 2. The molecule has 1 aromatic heterocycles. The second kappa shape index (κ2) is 3.25. The van der Waals surface area contributed by atoms with Crippen molar-refractivity contribution in [2.24, 2.45) is 0 Å². The lowest BCUT2D eigenvalue weighted by molar-refractivity contribution is -0.110. The number of aryl methyl sites for hydroxylation is 1. The maximum Gasteiger partial charge on any atom is 0.144 e. The Morgan fingerprint density at radius 3 is 2.86 bits per heavy atom. The van der Waals surface area contributed by atoms with Gasteiger partial charge in [0.2, 0.25) is 0 Å². The minimum absolute atomic E-state index is 0.200. The molecule has 2 rings (SSSR count). The zero-order valence-corrected chi connectivity index (χ0v) is 8.27. The summed E-state index contributed by atoms with van der Waals surface area (Å²) in [4.78, 5) is 10.7. The zero-order chi connectivity index (χ0) is 10.1. The third-order valence-corrected chi connectivity index (χ3v) is 2.38. The minimum Gasteiger partial charge on any atom is -0.301 e. The normalized spacial score (nSPS) is 13.0. The van der Waals surface area contributed by atoms with Crippen molar-refractivity contribution in [1.82, 2.24) is 9.78 Å². The number of hydrogen-bond acceptors (Lipinski definition) is 2. The van der Waals surface area contributed by atoms with Crippen molar-refractivity contribution in [3.8, 4) is 0 Å². The molecule has 72 valence electrons. The van der Waals surface area contributed by atoms with Gasteiger partial charge in [-0.15, -0.1) is 0 Å². The second-order valence-electron chi connectivity index (χ2n) is 3.42. The maximum atomic E-state index is 10.7. The van der Waals surface area contributed by atoms with Crippen molar-refractivity contribution < 1.29 is 4.79 Å². The second-order valence-corrected chi connectivity index (χ2v) is 3.42. The molecular weight excluding hydrogens is 176 g/mol. The molecule has 0 aliphatic rings. The van der Waals surface area contributed by atoms with Gasteiger partial charge in [-0.05, 0) is 19.9 Å². The fraction of sp³-hybridized carbons (Fsp3) is 0.273. The Morgan fingerprint density at radius 2 is 2.14 bits per heavy atom. The van der Waals surface area contributed by atoms with Crippen molar-refractivity contribution >= 4 is 17.2 Å². The van der Waals surface area contributed by atoms with Crippen LogP contribution in [0, 0.1) is 6.92 Å². The van der Waals surface area contributed by atoms with Crippen molar-refractivity contribution in [3.63, 3.8) is 0 Å². The Balaban J connectivity index is 2.72. The summed E-state index contributed by atoms with van der Waals surface area (Å²) >= 11 is 0. The third-order valence-electron chi connectivity index (χ3n) is 2.38. The largest absolute Gasteiger partial charge is 0.301 e. The van der Waals surface area contributed by atoms with Gasteiger partial charge in [0.25, 0.3) is 0 Å². The minimum atomic E-state index is -0.200. The van der Waals surface area contributed by atoms with Crippen LogP contribution >= 0.6 is 0 Å². The summed E-state index contributed by atoms with van der Waals surface area (Å²) in [5, 5.41) is 5.46. The highest BCUT2D eigenvalue weighted by Crippen LogP contribution is 2.19. The first kappa shape index (κ1) is 8.94. The summed E-state index contributed by atoms with van der Waals surface area (Å²) in [5.74, 6) is 0. The first-order valence-corrected chi connectivity index (χ1v) is 4.63. The van der Waals surface area contributed by atoms with E-state index >= 15 is 0 Å². The number of nitrogens with zero attached hydrogens (tertiary/aromatic N) is 2. The Kier molecular flexibility index (Phi) is 2.08. The molecule has 0 aliphatic heterocycles. The highest BCUT2D eigenvalue weighted by Gasteiger charge is 2.10. The Labute approximate surface area is 82.3 Å². The molecule has 1 unspecified atom stereocenters. The van der Waals surface area contributed by atoms with Gasteiger partial charge in [0, 0.05) is 5.39 Å². The van der Waals surface area contributed by atoms with Crippen molar-refractivity contribution in [2.45, 2.75) is 19.9 Å². The highest BCUT2D eigenvalue weighted by atomic mass is 16.1. The van der Waals surface area contributed by atoms with E-state index in [1.807, 2.05) is 38.1 Å². The van der Waals surface area contributed by atoms with Crippen molar-refractivity contribution in [3.05, 3.63) is 30.0 Å². The van der Waals surface area contributed by atoms with Crippen LogP contribution in [0.1, 0.15) is 18.7 Å². The Morgan fingerprint density at radius 1 is 1.43 bits per heavy atom. The van der Waals surface area contributed by atoms with E-state index in [9.17, 15) is 4.79 Å². The molecule has 1 heterocycles. The van der Waals surface area contributed by atoms with E-state index in [4.69, 9.17) is 0 Å². The summed E-state index contributed by atoms with van der Waals surface area (Å²) in [6.07, 6.45) is 0.902. The van der Waals surface area contributed by atoms with Gasteiger partial charge in [0.15, 0.2) is 0 Å². The Bertz CT molecular complexity index is 473. The smallest absolute Gasteiger partial charge is 0.144 e. The van der Waals surface area contributed by atoms with E-state index in [2.05, 4.69) is 5.10 Å². The van der Waals surface area contributed by atoms with Gasteiger partial charge < -0.3 is 4.79 Å². The number of carbonyl (C=O) groups is 1. The SMILES string of the molecule is Cc1nn(C(C)C=O)c2ccccc12. The van der Waals surface area contributed by atoms with Gasteiger partial charge in [-0.3, -0.25) is 4.68 Å².